The summed E-state index contributed by atoms with van der Waals surface area (Å²) in [5.41, 5.74) is -1.28. The summed E-state index contributed by atoms with van der Waals surface area (Å²) in [5, 5.41) is 18.0. The molecule has 7 heteroatoms. The third-order valence-corrected chi connectivity index (χ3v) is 3.65. The maximum Gasteiger partial charge on any atom is 0.242 e. The molecule has 1 rings (SSSR count). The first-order valence-corrected chi connectivity index (χ1v) is 6.07. The van der Waals surface area contributed by atoms with Crippen molar-refractivity contribution in [3.05, 3.63) is 24.5 Å². The van der Waals surface area contributed by atoms with Crippen LogP contribution in [0.25, 0.3) is 0 Å². The van der Waals surface area contributed by atoms with E-state index in [9.17, 15) is 8.42 Å². The van der Waals surface area contributed by atoms with Gasteiger partial charge in [0.1, 0.15) is 4.90 Å². The van der Waals surface area contributed by atoms with Gasteiger partial charge >= 0.3 is 0 Å². The van der Waals surface area contributed by atoms with Crippen LogP contribution >= 0.6 is 0 Å². The summed E-state index contributed by atoms with van der Waals surface area (Å²) in [5.74, 6) is 0. The van der Waals surface area contributed by atoms with E-state index in [-0.39, 0.29) is 4.90 Å². The molecule has 0 saturated heterocycles. The molecule has 16 heavy (non-hydrogen) atoms. The largest absolute Gasteiger partial charge is 0.394 e. The minimum Gasteiger partial charge on any atom is -0.394 e. The Labute approximate surface area is 94.0 Å². The average molecular weight is 246 g/mol. The number of hydrogen-bond donors (Lipinski definition) is 3. The molecule has 1 aromatic heterocycles. The number of aromatic nitrogens is 1. The van der Waals surface area contributed by atoms with Crippen LogP contribution in [0.15, 0.2) is 29.4 Å². The van der Waals surface area contributed by atoms with Gasteiger partial charge in [0.15, 0.2) is 0 Å². The number of hydrogen-bond acceptors (Lipinski definition) is 5. The van der Waals surface area contributed by atoms with E-state index < -0.39 is 28.8 Å². The SMILES string of the molecule is CC(CO)(CO)NS(=O)(=O)c1cccnc1. The molecular weight excluding hydrogens is 232 g/mol. The Morgan fingerprint density at radius 1 is 1.44 bits per heavy atom. The van der Waals surface area contributed by atoms with E-state index in [1.807, 2.05) is 0 Å². The van der Waals surface area contributed by atoms with E-state index in [4.69, 9.17) is 10.2 Å². The van der Waals surface area contributed by atoms with Crippen molar-refractivity contribution in [2.75, 3.05) is 13.2 Å². The zero-order valence-corrected chi connectivity index (χ0v) is 9.61. The van der Waals surface area contributed by atoms with Crippen LogP contribution < -0.4 is 4.72 Å². The van der Waals surface area contributed by atoms with Crippen molar-refractivity contribution >= 4 is 10.0 Å². The van der Waals surface area contributed by atoms with Gasteiger partial charge in [-0.3, -0.25) is 4.98 Å². The van der Waals surface area contributed by atoms with Crippen LogP contribution in [0.2, 0.25) is 0 Å². The van der Waals surface area contributed by atoms with Crippen molar-refractivity contribution in [1.82, 2.24) is 9.71 Å². The van der Waals surface area contributed by atoms with Crippen LogP contribution in [-0.2, 0) is 10.0 Å². The normalized spacial score (nSPS) is 12.7. The second-order valence-electron chi connectivity index (χ2n) is 3.67. The van der Waals surface area contributed by atoms with Crippen molar-refractivity contribution in [2.45, 2.75) is 17.4 Å². The first-order valence-electron chi connectivity index (χ1n) is 4.59. The number of aliphatic hydroxyl groups excluding tert-OH is 2. The summed E-state index contributed by atoms with van der Waals surface area (Å²) < 4.78 is 25.8. The second kappa shape index (κ2) is 4.88. The van der Waals surface area contributed by atoms with Gasteiger partial charge in [0.25, 0.3) is 0 Å². The topological polar surface area (TPSA) is 99.5 Å². The van der Waals surface area contributed by atoms with E-state index in [1.54, 1.807) is 0 Å². The Balaban J connectivity index is 2.97. The first kappa shape index (κ1) is 13.0. The smallest absolute Gasteiger partial charge is 0.242 e. The molecule has 1 aromatic rings. The minimum atomic E-state index is -3.77. The molecule has 0 aliphatic rings. The highest BCUT2D eigenvalue weighted by Gasteiger charge is 2.29. The quantitative estimate of drug-likeness (QED) is 0.625. The van der Waals surface area contributed by atoms with Crippen LogP contribution in [-0.4, -0.2) is 42.4 Å². The molecule has 0 radical (unpaired) electrons. The van der Waals surface area contributed by atoms with E-state index >= 15 is 0 Å². The Morgan fingerprint density at radius 3 is 2.50 bits per heavy atom. The summed E-state index contributed by atoms with van der Waals surface area (Å²) in [6.07, 6.45) is 2.65. The summed E-state index contributed by atoms with van der Waals surface area (Å²) in [4.78, 5) is 3.68. The van der Waals surface area contributed by atoms with Gasteiger partial charge < -0.3 is 10.2 Å². The number of sulfonamides is 1. The summed E-state index contributed by atoms with van der Waals surface area (Å²) in [6, 6.07) is 2.87. The highest BCUT2D eigenvalue weighted by atomic mass is 32.2. The van der Waals surface area contributed by atoms with Gasteiger partial charge in [-0.1, -0.05) is 0 Å². The lowest BCUT2D eigenvalue weighted by Gasteiger charge is -2.25. The molecule has 0 aliphatic carbocycles. The molecule has 0 saturated carbocycles. The number of aliphatic hydroxyl groups is 2. The molecule has 1 heterocycles. The molecule has 90 valence electrons. The molecule has 0 spiro atoms. The maximum absolute atomic E-state index is 11.8. The van der Waals surface area contributed by atoms with E-state index in [0.29, 0.717) is 0 Å². The fourth-order valence-corrected chi connectivity index (χ4v) is 2.36. The van der Waals surface area contributed by atoms with Crippen molar-refractivity contribution in [2.24, 2.45) is 0 Å². The van der Waals surface area contributed by atoms with Crippen molar-refractivity contribution in [1.29, 1.82) is 0 Å². The molecule has 0 bridgehead atoms. The van der Waals surface area contributed by atoms with E-state index in [1.165, 1.54) is 31.5 Å². The van der Waals surface area contributed by atoms with Crippen LogP contribution in [0, 0.1) is 0 Å². The summed E-state index contributed by atoms with van der Waals surface area (Å²) >= 11 is 0. The second-order valence-corrected chi connectivity index (χ2v) is 5.35. The minimum absolute atomic E-state index is 0.0110. The van der Waals surface area contributed by atoms with Crippen LogP contribution in [0.1, 0.15) is 6.92 Å². The molecule has 0 aromatic carbocycles. The first-order chi connectivity index (χ1) is 7.43. The van der Waals surface area contributed by atoms with Crippen LogP contribution in [0.5, 0.6) is 0 Å². The average Bonchev–Trinajstić information content (AvgIpc) is 2.29. The Morgan fingerprint density at radius 2 is 2.06 bits per heavy atom. The summed E-state index contributed by atoms with van der Waals surface area (Å²) in [7, 11) is -3.77. The van der Waals surface area contributed by atoms with Crippen molar-refractivity contribution < 1.29 is 18.6 Å². The van der Waals surface area contributed by atoms with Gasteiger partial charge in [-0.2, -0.15) is 0 Å². The van der Waals surface area contributed by atoms with E-state index in [0.717, 1.165) is 0 Å². The lowest BCUT2D eigenvalue weighted by atomic mass is 10.1. The van der Waals surface area contributed by atoms with Gasteiger partial charge in [-0.15, -0.1) is 0 Å². The van der Waals surface area contributed by atoms with E-state index in [2.05, 4.69) is 9.71 Å². The third kappa shape index (κ3) is 2.99. The van der Waals surface area contributed by atoms with Gasteiger partial charge in [-0.25, -0.2) is 13.1 Å². The number of pyridine rings is 1. The van der Waals surface area contributed by atoms with Gasteiger partial charge in [0.05, 0.1) is 18.8 Å². The fraction of sp³-hybridized carbons (Fsp3) is 0.444. The van der Waals surface area contributed by atoms with Gasteiger partial charge in [-0.05, 0) is 19.1 Å². The molecule has 0 aliphatic heterocycles. The fourth-order valence-electron chi connectivity index (χ4n) is 1.00. The number of rotatable bonds is 5. The summed E-state index contributed by atoms with van der Waals surface area (Å²) in [6.45, 7) is 0.410. The molecule has 0 atom stereocenters. The van der Waals surface area contributed by atoms with Crippen molar-refractivity contribution in [3.63, 3.8) is 0 Å². The van der Waals surface area contributed by atoms with Crippen molar-refractivity contribution in [3.8, 4) is 0 Å². The third-order valence-electron chi connectivity index (χ3n) is 2.02. The molecular formula is C9H14N2O4S. The number of nitrogens with zero attached hydrogens (tertiary/aromatic N) is 1. The van der Waals surface area contributed by atoms with Crippen LogP contribution in [0.4, 0.5) is 0 Å². The molecule has 0 unspecified atom stereocenters. The number of nitrogens with one attached hydrogen (secondary N) is 1. The lowest BCUT2D eigenvalue weighted by molar-refractivity contribution is 0.121. The molecule has 0 fully saturated rings. The standard InChI is InChI=1S/C9H14N2O4S/c1-9(6-12,7-13)11-16(14,15)8-3-2-4-10-5-8/h2-5,11-13H,6-7H2,1H3. The zero-order chi connectivity index (χ0) is 12.2. The highest BCUT2D eigenvalue weighted by Crippen LogP contribution is 2.11. The highest BCUT2D eigenvalue weighted by molar-refractivity contribution is 7.89. The Kier molecular flexibility index (Phi) is 3.98. The maximum atomic E-state index is 11.8. The van der Waals surface area contributed by atoms with Gasteiger partial charge in [0, 0.05) is 12.4 Å². The monoisotopic (exact) mass is 246 g/mol. The molecule has 6 nitrogen and oxygen atoms in total. The predicted octanol–water partition coefficient (Wildman–Crippen LogP) is -0.897. The Bertz CT molecular complexity index is 428. The lowest BCUT2D eigenvalue weighted by Crippen LogP contribution is -2.51. The zero-order valence-electron chi connectivity index (χ0n) is 8.79. The predicted molar refractivity (Wildman–Crippen MR) is 57.1 cm³/mol. The molecule has 3 N–H and O–H groups in total. The van der Waals surface area contributed by atoms with Crippen LogP contribution in [0.3, 0.4) is 0 Å². The Hall–Kier alpha value is -1.02. The van der Waals surface area contributed by atoms with Gasteiger partial charge in [0.2, 0.25) is 10.0 Å². The molecule has 0 amide bonds.